The van der Waals surface area contributed by atoms with E-state index in [1.165, 1.54) is 5.56 Å². The van der Waals surface area contributed by atoms with Crippen LogP contribution in [0.4, 0.5) is 0 Å². The van der Waals surface area contributed by atoms with Gasteiger partial charge in [0.1, 0.15) is 11.8 Å². The summed E-state index contributed by atoms with van der Waals surface area (Å²) in [6.07, 6.45) is 0. The SMILES string of the molecule is COc1ccccc1C(C#N)N(C)Cc1ccccc1. The molecule has 0 spiro atoms. The molecule has 0 amide bonds. The highest BCUT2D eigenvalue weighted by atomic mass is 16.5. The minimum Gasteiger partial charge on any atom is -0.496 e. The molecule has 0 aliphatic rings. The first-order chi connectivity index (χ1) is 9.76. The molecule has 1 atom stereocenters. The van der Waals surface area contributed by atoms with Gasteiger partial charge in [-0.15, -0.1) is 0 Å². The molecule has 0 N–H and O–H groups in total. The van der Waals surface area contributed by atoms with Crippen LogP contribution in [-0.4, -0.2) is 19.1 Å². The van der Waals surface area contributed by atoms with Gasteiger partial charge in [-0.3, -0.25) is 4.90 Å². The van der Waals surface area contributed by atoms with E-state index in [-0.39, 0.29) is 6.04 Å². The third kappa shape index (κ3) is 3.17. The van der Waals surface area contributed by atoms with Gasteiger partial charge < -0.3 is 4.74 Å². The minimum absolute atomic E-state index is 0.327. The zero-order valence-electron chi connectivity index (χ0n) is 11.8. The fraction of sp³-hybridized carbons (Fsp3) is 0.235. The van der Waals surface area contributed by atoms with Crippen LogP contribution >= 0.6 is 0 Å². The topological polar surface area (TPSA) is 36.3 Å². The zero-order chi connectivity index (χ0) is 14.4. The highest BCUT2D eigenvalue weighted by Gasteiger charge is 2.20. The molecule has 0 fully saturated rings. The van der Waals surface area contributed by atoms with Crippen LogP contribution in [0.5, 0.6) is 5.75 Å². The van der Waals surface area contributed by atoms with E-state index < -0.39 is 0 Å². The highest BCUT2D eigenvalue weighted by Crippen LogP contribution is 2.28. The maximum Gasteiger partial charge on any atom is 0.127 e. The van der Waals surface area contributed by atoms with Crippen LogP contribution in [0.1, 0.15) is 17.2 Å². The molecule has 0 aliphatic carbocycles. The molecule has 0 saturated heterocycles. The van der Waals surface area contributed by atoms with E-state index in [4.69, 9.17) is 4.74 Å². The van der Waals surface area contributed by atoms with Gasteiger partial charge in [0.05, 0.1) is 13.2 Å². The van der Waals surface area contributed by atoms with E-state index in [0.717, 1.165) is 17.9 Å². The van der Waals surface area contributed by atoms with Crippen molar-refractivity contribution >= 4 is 0 Å². The fourth-order valence-electron chi connectivity index (χ4n) is 2.26. The van der Waals surface area contributed by atoms with Crippen LogP contribution in [0.2, 0.25) is 0 Å². The summed E-state index contributed by atoms with van der Waals surface area (Å²) in [6.45, 7) is 0.719. The lowest BCUT2D eigenvalue weighted by Crippen LogP contribution is -2.23. The lowest BCUT2D eigenvalue weighted by molar-refractivity contribution is 0.276. The molecule has 2 aromatic carbocycles. The van der Waals surface area contributed by atoms with Gasteiger partial charge in [0.15, 0.2) is 0 Å². The highest BCUT2D eigenvalue weighted by molar-refractivity contribution is 5.38. The summed E-state index contributed by atoms with van der Waals surface area (Å²) in [4.78, 5) is 2.02. The second kappa shape index (κ2) is 6.74. The number of nitriles is 1. The van der Waals surface area contributed by atoms with Gasteiger partial charge in [-0.2, -0.15) is 5.26 Å². The molecule has 0 aliphatic heterocycles. The third-order valence-electron chi connectivity index (χ3n) is 3.27. The van der Waals surface area contributed by atoms with Crippen molar-refractivity contribution in [3.63, 3.8) is 0 Å². The van der Waals surface area contributed by atoms with Gasteiger partial charge in [0.25, 0.3) is 0 Å². The number of hydrogen-bond donors (Lipinski definition) is 0. The Kier molecular flexibility index (Phi) is 4.75. The van der Waals surface area contributed by atoms with E-state index in [1.54, 1.807) is 7.11 Å². The first-order valence-corrected chi connectivity index (χ1v) is 6.53. The molecular weight excluding hydrogens is 248 g/mol. The monoisotopic (exact) mass is 266 g/mol. The Morgan fingerprint density at radius 1 is 1.10 bits per heavy atom. The number of rotatable bonds is 5. The molecule has 3 nitrogen and oxygen atoms in total. The number of para-hydroxylation sites is 1. The van der Waals surface area contributed by atoms with Crippen molar-refractivity contribution in [1.29, 1.82) is 5.26 Å². The van der Waals surface area contributed by atoms with Gasteiger partial charge in [0.2, 0.25) is 0 Å². The van der Waals surface area contributed by atoms with Crippen molar-refractivity contribution in [3.8, 4) is 11.8 Å². The van der Waals surface area contributed by atoms with Crippen molar-refractivity contribution in [3.05, 3.63) is 65.7 Å². The average Bonchev–Trinajstić information content (AvgIpc) is 2.49. The van der Waals surface area contributed by atoms with Crippen LogP contribution in [-0.2, 0) is 6.54 Å². The first kappa shape index (κ1) is 14.1. The Morgan fingerprint density at radius 2 is 1.75 bits per heavy atom. The predicted molar refractivity (Wildman–Crippen MR) is 79.3 cm³/mol. The maximum absolute atomic E-state index is 9.50. The molecule has 0 bridgehead atoms. The van der Waals surface area contributed by atoms with Crippen molar-refractivity contribution in [2.75, 3.05) is 14.2 Å². The Morgan fingerprint density at radius 3 is 2.40 bits per heavy atom. The summed E-state index contributed by atoms with van der Waals surface area (Å²) >= 11 is 0. The Labute approximate surface area is 120 Å². The van der Waals surface area contributed by atoms with Crippen molar-refractivity contribution < 1.29 is 4.74 Å². The smallest absolute Gasteiger partial charge is 0.127 e. The summed E-state index contributed by atoms with van der Waals surface area (Å²) in [5.41, 5.74) is 2.08. The Balaban J connectivity index is 2.22. The van der Waals surface area contributed by atoms with Crippen LogP contribution in [0, 0.1) is 11.3 Å². The normalized spacial score (nSPS) is 11.9. The number of ether oxygens (including phenoxy) is 1. The molecule has 2 rings (SSSR count). The molecule has 0 heterocycles. The summed E-state index contributed by atoms with van der Waals surface area (Å²) in [7, 11) is 3.58. The summed E-state index contributed by atoms with van der Waals surface area (Å²) in [5, 5.41) is 9.50. The van der Waals surface area contributed by atoms with E-state index in [2.05, 4.69) is 18.2 Å². The second-order valence-corrected chi connectivity index (χ2v) is 4.67. The van der Waals surface area contributed by atoms with E-state index in [0.29, 0.717) is 0 Å². The summed E-state index contributed by atoms with van der Waals surface area (Å²) in [6, 6.07) is 19.8. The lowest BCUT2D eigenvalue weighted by Gasteiger charge is -2.24. The quantitative estimate of drug-likeness (QED) is 0.832. The average molecular weight is 266 g/mol. The zero-order valence-corrected chi connectivity index (χ0v) is 11.8. The van der Waals surface area contributed by atoms with Crippen LogP contribution in [0.3, 0.4) is 0 Å². The Hall–Kier alpha value is -2.31. The molecule has 20 heavy (non-hydrogen) atoms. The molecule has 1 unspecified atom stereocenters. The standard InChI is InChI=1S/C17H18N2O/c1-19(13-14-8-4-3-5-9-14)16(12-18)15-10-6-7-11-17(15)20-2/h3-11,16H,13H2,1-2H3. The van der Waals surface area contributed by atoms with E-state index in [1.807, 2.05) is 54.4 Å². The first-order valence-electron chi connectivity index (χ1n) is 6.53. The molecular formula is C17H18N2O. The molecule has 0 radical (unpaired) electrons. The van der Waals surface area contributed by atoms with Crippen molar-refractivity contribution in [2.45, 2.75) is 12.6 Å². The van der Waals surface area contributed by atoms with Crippen LogP contribution < -0.4 is 4.74 Å². The van der Waals surface area contributed by atoms with Gasteiger partial charge in [-0.1, -0.05) is 48.5 Å². The van der Waals surface area contributed by atoms with Crippen LogP contribution in [0.25, 0.3) is 0 Å². The summed E-state index contributed by atoms with van der Waals surface area (Å²) < 4.78 is 5.35. The molecule has 2 aromatic rings. The van der Waals surface area contributed by atoms with Gasteiger partial charge in [-0.05, 0) is 18.7 Å². The Bertz CT molecular complexity index is 589. The number of methoxy groups -OCH3 is 1. The molecule has 102 valence electrons. The maximum atomic E-state index is 9.50. The minimum atomic E-state index is -0.327. The molecule has 0 saturated carbocycles. The van der Waals surface area contributed by atoms with Gasteiger partial charge >= 0.3 is 0 Å². The second-order valence-electron chi connectivity index (χ2n) is 4.67. The van der Waals surface area contributed by atoms with Crippen molar-refractivity contribution in [2.24, 2.45) is 0 Å². The number of hydrogen-bond acceptors (Lipinski definition) is 3. The van der Waals surface area contributed by atoms with E-state index in [9.17, 15) is 5.26 Å². The third-order valence-corrected chi connectivity index (χ3v) is 3.27. The van der Waals surface area contributed by atoms with Crippen LogP contribution in [0.15, 0.2) is 54.6 Å². The lowest BCUT2D eigenvalue weighted by atomic mass is 10.0. The molecule has 3 heteroatoms. The molecule has 0 aromatic heterocycles. The van der Waals surface area contributed by atoms with Gasteiger partial charge in [0, 0.05) is 12.1 Å². The van der Waals surface area contributed by atoms with Gasteiger partial charge in [-0.25, -0.2) is 0 Å². The predicted octanol–water partition coefficient (Wildman–Crippen LogP) is 3.39. The summed E-state index contributed by atoms with van der Waals surface area (Å²) in [5.74, 6) is 0.749. The van der Waals surface area contributed by atoms with E-state index >= 15 is 0 Å². The largest absolute Gasteiger partial charge is 0.496 e. The fourth-order valence-corrected chi connectivity index (χ4v) is 2.26. The number of benzene rings is 2. The van der Waals surface area contributed by atoms with Crippen molar-refractivity contribution in [1.82, 2.24) is 4.90 Å². The number of nitrogens with zero attached hydrogens (tertiary/aromatic N) is 2.